The van der Waals surface area contributed by atoms with E-state index < -0.39 is 9.84 Å². The summed E-state index contributed by atoms with van der Waals surface area (Å²) in [5.41, 5.74) is 1.17. The van der Waals surface area contributed by atoms with Gasteiger partial charge in [0.1, 0.15) is 5.82 Å². The van der Waals surface area contributed by atoms with Gasteiger partial charge in [-0.3, -0.25) is 0 Å². The van der Waals surface area contributed by atoms with Crippen molar-refractivity contribution in [1.29, 1.82) is 0 Å². The second-order valence-electron chi connectivity index (χ2n) is 4.58. The van der Waals surface area contributed by atoms with Crippen LogP contribution in [0.15, 0.2) is 18.2 Å². The molecule has 0 N–H and O–H groups in total. The van der Waals surface area contributed by atoms with Crippen molar-refractivity contribution in [3.05, 3.63) is 29.6 Å². The van der Waals surface area contributed by atoms with Crippen molar-refractivity contribution in [2.24, 2.45) is 0 Å². The van der Waals surface area contributed by atoms with Crippen molar-refractivity contribution in [1.82, 2.24) is 0 Å². The van der Waals surface area contributed by atoms with Gasteiger partial charge < -0.3 is 4.90 Å². The number of nitrogens with zero attached hydrogens (tertiary/aromatic N) is 1. The normalized spacial score (nSPS) is 23.1. The molecule has 2 rings (SSSR count). The fourth-order valence-electron chi connectivity index (χ4n) is 2.22. The van der Waals surface area contributed by atoms with Gasteiger partial charge in [-0.1, -0.05) is 6.07 Å². The second-order valence-corrected chi connectivity index (χ2v) is 7.07. The van der Waals surface area contributed by atoms with Crippen LogP contribution in [0.5, 0.6) is 0 Å². The lowest BCUT2D eigenvalue weighted by Crippen LogP contribution is -2.47. The molecule has 18 heavy (non-hydrogen) atoms. The van der Waals surface area contributed by atoms with E-state index in [4.69, 9.17) is 11.6 Å². The summed E-state index contributed by atoms with van der Waals surface area (Å²) in [5.74, 6) is 0.0677. The predicted octanol–water partition coefficient (Wildman–Crippen LogP) is 2.19. The molecule has 1 unspecified atom stereocenters. The Morgan fingerprint density at radius 3 is 2.78 bits per heavy atom. The second kappa shape index (κ2) is 5.05. The minimum atomic E-state index is -2.98. The number of rotatable bonds is 2. The van der Waals surface area contributed by atoms with E-state index in [1.54, 1.807) is 24.0 Å². The van der Waals surface area contributed by atoms with Crippen LogP contribution in [0, 0.1) is 5.82 Å². The van der Waals surface area contributed by atoms with Gasteiger partial charge in [-0.05, 0) is 24.6 Å². The minimum absolute atomic E-state index is 0.0731. The van der Waals surface area contributed by atoms with Crippen molar-refractivity contribution in [3.63, 3.8) is 0 Å². The molecule has 1 aromatic carbocycles. The van der Waals surface area contributed by atoms with E-state index in [0.29, 0.717) is 12.2 Å². The highest BCUT2D eigenvalue weighted by molar-refractivity contribution is 7.91. The van der Waals surface area contributed by atoms with Gasteiger partial charge in [0.05, 0.1) is 17.2 Å². The van der Waals surface area contributed by atoms with Crippen LogP contribution < -0.4 is 4.90 Å². The van der Waals surface area contributed by atoms with Crippen molar-refractivity contribution in [2.75, 3.05) is 23.0 Å². The standard InChI is InChI=1S/C12H15ClFNO2S/c1-9-8-18(16,17)5-4-15(9)12-3-2-10(7-13)6-11(12)14/h2-3,6,9H,4-5,7-8H2,1H3. The van der Waals surface area contributed by atoms with Gasteiger partial charge >= 0.3 is 0 Å². The summed E-state index contributed by atoms with van der Waals surface area (Å²) in [6, 6.07) is 4.63. The number of hydrogen-bond donors (Lipinski definition) is 0. The molecule has 0 aliphatic carbocycles. The molecule has 0 spiro atoms. The zero-order valence-corrected chi connectivity index (χ0v) is 11.6. The Kier molecular flexibility index (Phi) is 3.82. The summed E-state index contributed by atoms with van der Waals surface area (Å²) >= 11 is 5.64. The molecule has 1 heterocycles. The van der Waals surface area contributed by atoms with E-state index in [-0.39, 0.29) is 29.2 Å². The molecule has 1 atom stereocenters. The molecule has 6 heteroatoms. The lowest BCUT2D eigenvalue weighted by atomic mass is 10.1. The van der Waals surface area contributed by atoms with E-state index in [2.05, 4.69) is 0 Å². The molecule has 1 fully saturated rings. The Morgan fingerprint density at radius 1 is 1.50 bits per heavy atom. The van der Waals surface area contributed by atoms with E-state index in [1.807, 2.05) is 0 Å². The molecular weight excluding hydrogens is 277 g/mol. The first-order valence-corrected chi connectivity index (χ1v) is 8.10. The Balaban J connectivity index is 2.27. The van der Waals surface area contributed by atoms with Crippen LogP contribution in [0.25, 0.3) is 0 Å². The van der Waals surface area contributed by atoms with Gasteiger partial charge in [0.25, 0.3) is 0 Å². The quantitative estimate of drug-likeness (QED) is 0.784. The van der Waals surface area contributed by atoms with Crippen molar-refractivity contribution in [2.45, 2.75) is 18.8 Å². The average molecular weight is 292 g/mol. The maximum absolute atomic E-state index is 13.9. The highest BCUT2D eigenvalue weighted by atomic mass is 35.5. The van der Waals surface area contributed by atoms with Crippen LogP contribution in [0.2, 0.25) is 0 Å². The minimum Gasteiger partial charge on any atom is -0.364 e. The third-order valence-electron chi connectivity index (χ3n) is 3.15. The van der Waals surface area contributed by atoms with E-state index in [0.717, 1.165) is 5.56 Å². The number of benzene rings is 1. The van der Waals surface area contributed by atoms with Gasteiger partial charge in [-0.2, -0.15) is 0 Å². The Bertz CT molecular complexity index is 547. The van der Waals surface area contributed by atoms with Gasteiger partial charge in [0.15, 0.2) is 9.84 Å². The van der Waals surface area contributed by atoms with E-state index in [1.165, 1.54) is 6.07 Å². The molecular formula is C12H15ClFNO2S. The monoisotopic (exact) mass is 291 g/mol. The van der Waals surface area contributed by atoms with Crippen molar-refractivity contribution in [3.8, 4) is 0 Å². The van der Waals surface area contributed by atoms with Crippen molar-refractivity contribution >= 4 is 27.1 Å². The first kappa shape index (κ1) is 13.6. The number of alkyl halides is 1. The van der Waals surface area contributed by atoms with Crippen LogP contribution in [0.1, 0.15) is 12.5 Å². The number of hydrogen-bond acceptors (Lipinski definition) is 3. The van der Waals surface area contributed by atoms with Crippen LogP contribution in [-0.2, 0) is 15.7 Å². The summed E-state index contributed by atoms with van der Waals surface area (Å²) < 4.78 is 36.9. The highest BCUT2D eigenvalue weighted by Crippen LogP contribution is 2.25. The molecule has 0 radical (unpaired) electrons. The summed E-state index contributed by atoms with van der Waals surface area (Å²) in [5, 5.41) is 0. The van der Waals surface area contributed by atoms with Gasteiger partial charge in [-0.25, -0.2) is 12.8 Å². The molecule has 0 bridgehead atoms. The Morgan fingerprint density at radius 2 is 2.22 bits per heavy atom. The molecule has 1 aliphatic rings. The van der Waals surface area contributed by atoms with E-state index >= 15 is 0 Å². The molecule has 3 nitrogen and oxygen atoms in total. The lowest BCUT2D eigenvalue weighted by Gasteiger charge is -2.35. The number of sulfone groups is 1. The summed E-state index contributed by atoms with van der Waals surface area (Å²) in [6.07, 6.45) is 0. The number of anilines is 1. The van der Waals surface area contributed by atoms with Crippen molar-refractivity contribution < 1.29 is 12.8 Å². The molecule has 0 amide bonds. The number of halogens is 2. The first-order chi connectivity index (χ1) is 8.43. The first-order valence-electron chi connectivity index (χ1n) is 5.74. The van der Waals surface area contributed by atoms with Gasteiger partial charge in [0.2, 0.25) is 0 Å². The van der Waals surface area contributed by atoms with E-state index in [9.17, 15) is 12.8 Å². The SMILES string of the molecule is CC1CS(=O)(=O)CCN1c1ccc(CCl)cc1F. The molecule has 0 saturated carbocycles. The lowest BCUT2D eigenvalue weighted by molar-refractivity contribution is 0.559. The third kappa shape index (κ3) is 2.78. The topological polar surface area (TPSA) is 37.4 Å². The van der Waals surface area contributed by atoms with Crippen LogP contribution >= 0.6 is 11.6 Å². The Hall–Kier alpha value is -0.810. The fraction of sp³-hybridized carbons (Fsp3) is 0.500. The molecule has 1 saturated heterocycles. The molecule has 0 aromatic heterocycles. The largest absolute Gasteiger partial charge is 0.364 e. The summed E-state index contributed by atoms with van der Waals surface area (Å²) in [7, 11) is -2.98. The average Bonchev–Trinajstić information content (AvgIpc) is 2.29. The van der Waals surface area contributed by atoms with Gasteiger partial charge in [-0.15, -0.1) is 11.6 Å². The Labute approximate surface area is 111 Å². The fourth-order valence-corrected chi connectivity index (χ4v) is 3.95. The maximum Gasteiger partial charge on any atom is 0.154 e. The zero-order chi connectivity index (χ0) is 13.3. The van der Waals surface area contributed by atoms with Gasteiger partial charge in [0, 0.05) is 18.5 Å². The highest BCUT2D eigenvalue weighted by Gasteiger charge is 2.29. The molecule has 100 valence electrons. The smallest absolute Gasteiger partial charge is 0.154 e. The van der Waals surface area contributed by atoms with Crippen LogP contribution in [-0.4, -0.2) is 32.5 Å². The molecule has 1 aliphatic heterocycles. The summed E-state index contributed by atoms with van der Waals surface area (Å²) in [4.78, 5) is 1.80. The molecule has 1 aromatic rings. The zero-order valence-electron chi connectivity index (χ0n) is 10.1. The van der Waals surface area contributed by atoms with Crippen LogP contribution in [0.3, 0.4) is 0 Å². The maximum atomic E-state index is 13.9. The summed E-state index contributed by atoms with van der Waals surface area (Å²) in [6.45, 7) is 2.13. The predicted molar refractivity (Wildman–Crippen MR) is 71.4 cm³/mol. The van der Waals surface area contributed by atoms with Crippen LogP contribution in [0.4, 0.5) is 10.1 Å². The third-order valence-corrected chi connectivity index (χ3v) is 5.25.